The Balaban J connectivity index is 2.74. The van der Waals surface area contributed by atoms with Crippen LogP contribution in [0.4, 0.5) is 13.2 Å². The summed E-state index contributed by atoms with van der Waals surface area (Å²) in [6.45, 7) is -1.28. The Kier molecular flexibility index (Phi) is 5.31. The van der Waals surface area contributed by atoms with Gasteiger partial charge in [-0.25, -0.2) is 8.42 Å². The molecule has 1 aromatic rings. The Morgan fingerprint density at radius 3 is 2.37 bits per heavy atom. The van der Waals surface area contributed by atoms with Gasteiger partial charge in [0.05, 0.1) is 6.61 Å². The average Bonchev–Trinajstić information content (AvgIpc) is 2.23. The molecule has 1 aromatic carbocycles. The van der Waals surface area contributed by atoms with E-state index in [1.807, 2.05) is 0 Å². The second-order valence-corrected chi connectivity index (χ2v) is 6.14. The van der Waals surface area contributed by atoms with Crippen molar-refractivity contribution in [2.75, 3.05) is 13.2 Å². The molecule has 0 fully saturated rings. The van der Waals surface area contributed by atoms with Gasteiger partial charge in [0.1, 0.15) is 17.3 Å². The van der Waals surface area contributed by atoms with E-state index in [4.69, 9.17) is 27.0 Å². The van der Waals surface area contributed by atoms with Crippen LogP contribution in [-0.2, 0) is 13.8 Å². The fraction of sp³-hybridized carbons (Fsp3) is 0.333. The quantitative estimate of drug-likeness (QED) is 0.611. The number of rotatable bonds is 5. The maximum atomic E-state index is 11.7. The van der Waals surface area contributed by atoms with E-state index in [2.05, 4.69) is 4.74 Å². The highest BCUT2D eigenvalue weighted by Gasteiger charge is 2.28. The molecule has 0 N–H and O–H groups in total. The number of hydrogen-bond acceptors (Lipinski definition) is 4. The molecule has 4 nitrogen and oxygen atoms in total. The third kappa shape index (κ3) is 5.85. The Bertz CT molecular complexity index is 545. The molecule has 0 aliphatic carbocycles. The van der Waals surface area contributed by atoms with Crippen LogP contribution >= 0.6 is 22.3 Å². The minimum absolute atomic E-state index is 0.0955. The third-order valence-corrected chi connectivity index (χ3v) is 3.35. The molecule has 0 amide bonds. The van der Waals surface area contributed by atoms with E-state index >= 15 is 0 Å². The Morgan fingerprint density at radius 2 is 1.84 bits per heavy atom. The van der Waals surface area contributed by atoms with Crippen molar-refractivity contribution in [3.8, 4) is 5.75 Å². The summed E-state index contributed by atoms with van der Waals surface area (Å²) in [6, 6.07) is 3.53. The van der Waals surface area contributed by atoms with Crippen LogP contribution in [-0.4, -0.2) is 28.0 Å². The molecular formula is C9H7Cl2F3O4S. The first-order valence-corrected chi connectivity index (χ1v) is 7.36. The summed E-state index contributed by atoms with van der Waals surface area (Å²) in [6.07, 6.45) is -4.77. The van der Waals surface area contributed by atoms with Crippen molar-refractivity contribution in [1.82, 2.24) is 0 Å². The maximum absolute atomic E-state index is 11.7. The molecule has 10 heteroatoms. The molecule has 0 radical (unpaired) electrons. The zero-order chi connectivity index (χ0) is 14.7. The van der Waals surface area contributed by atoms with E-state index in [1.54, 1.807) is 0 Å². The summed E-state index contributed by atoms with van der Waals surface area (Å²) in [5.41, 5.74) is 0. The smallest absolute Gasteiger partial charge is 0.490 e. The van der Waals surface area contributed by atoms with Crippen LogP contribution in [0.2, 0.25) is 5.02 Å². The Labute approximate surface area is 116 Å². The van der Waals surface area contributed by atoms with Crippen molar-refractivity contribution in [2.45, 2.75) is 11.3 Å². The van der Waals surface area contributed by atoms with Crippen molar-refractivity contribution in [3.63, 3.8) is 0 Å². The lowest BCUT2D eigenvalue weighted by molar-refractivity contribution is -0.325. The molecule has 0 aliphatic rings. The first-order valence-electron chi connectivity index (χ1n) is 4.67. The maximum Gasteiger partial charge on any atom is 0.522 e. The van der Waals surface area contributed by atoms with Crippen LogP contribution in [0.5, 0.6) is 5.75 Å². The first kappa shape index (κ1) is 16.4. The van der Waals surface area contributed by atoms with E-state index in [0.29, 0.717) is 0 Å². The van der Waals surface area contributed by atoms with Crippen molar-refractivity contribution >= 4 is 31.3 Å². The normalized spacial score (nSPS) is 12.5. The molecule has 0 heterocycles. The van der Waals surface area contributed by atoms with Gasteiger partial charge in [0.2, 0.25) is 0 Å². The van der Waals surface area contributed by atoms with Crippen LogP contribution in [0.3, 0.4) is 0 Å². The van der Waals surface area contributed by atoms with Crippen LogP contribution in [0.25, 0.3) is 0 Å². The number of alkyl halides is 3. The fourth-order valence-corrected chi connectivity index (χ4v) is 2.33. The highest BCUT2D eigenvalue weighted by Crippen LogP contribution is 2.29. The van der Waals surface area contributed by atoms with Gasteiger partial charge in [0.25, 0.3) is 9.05 Å². The second-order valence-electron chi connectivity index (χ2n) is 3.17. The van der Waals surface area contributed by atoms with E-state index in [9.17, 15) is 21.6 Å². The molecule has 0 aromatic heterocycles. The highest BCUT2D eigenvalue weighted by molar-refractivity contribution is 8.13. The van der Waals surface area contributed by atoms with Crippen molar-refractivity contribution in [3.05, 3.63) is 23.2 Å². The molecular weight excluding hydrogens is 332 g/mol. The van der Waals surface area contributed by atoms with Gasteiger partial charge in [-0.3, -0.25) is 4.74 Å². The van der Waals surface area contributed by atoms with Gasteiger partial charge in [-0.1, -0.05) is 11.6 Å². The third-order valence-electron chi connectivity index (χ3n) is 1.78. The van der Waals surface area contributed by atoms with E-state index in [0.717, 1.165) is 6.07 Å². The van der Waals surface area contributed by atoms with Crippen LogP contribution < -0.4 is 4.74 Å². The average molecular weight is 339 g/mol. The van der Waals surface area contributed by atoms with Crippen molar-refractivity contribution in [1.29, 1.82) is 0 Å². The summed E-state index contributed by atoms with van der Waals surface area (Å²) in [4.78, 5) is -0.423. The summed E-state index contributed by atoms with van der Waals surface area (Å²) >= 11 is 5.59. The van der Waals surface area contributed by atoms with Gasteiger partial charge in [0, 0.05) is 15.7 Å². The van der Waals surface area contributed by atoms with E-state index in [1.165, 1.54) is 12.1 Å². The van der Waals surface area contributed by atoms with Gasteiger partial charge in [-0.05, 0) is 18.2 Å². The van der Waals surface area contributed by atoms with Gasteiger partial charge >= 0.3 is 6.36 Å². The van der Waals surface area contributed by atoms with Gasteiger partial charge in [-0.2, -0.15) is 0 Å². The fourth-order valence-electron chi connectivity index (χ4n) is 1.10. The predicted molar refractivity (Wildman–Crippen MR) is 62.0 cm³/mol. The first-order chi connectivity index (χ1) is 8.59. The Morgan fingerprint density at radius 1 is 1.21 bits per heavy atom. The van der Waals surface area contributed by atoms with E-state index in [-0.39, 0.29) is 10.8 Å². The highest BCUT2D eigenvalue weighted by atomic mass is 35.7. The summed E-state index contributed by atoms with van der Waals surface area (Å²) < 4.78 is 65.8. The zero-order valence-corrected chi connectivity index (χ0v) is 11.4. The molecule has 0 saturated heterocycles. The SMILES string of the molecule is O=S(=O)(Cl)c1cc(Cl)ccc1OCCOC(F)(F)F. The summed E-state index contributed by atoms with van der Waals surface area (Å²) in [5, 5.41) is 0.0955. The molecule has 1 rings (SSSR count). The lowest BCUT2D eigenvalue weighted by Gasteiger charge is -2.11. The molecule has 0 bridgehead atoms. The molecule has 0 spiro atoms. The van der Waals surface area contributed by atoms with Crippen LogP contribution in [0.1, 0.15) is 0 Å². The Hall–Kier alpha value is -0.700. The summed E-state index contributed by atoms with van der Waals surface area (Å²) in [7, 11) is 1.02. The summed E-state index contributed by atoms with van der Waals surface area (Å²) in [5.74, 6) is -0.204. The van der Waals surface area contributed by atoms with Gasteiger partial charge < -0.3 is 4.74 Å². The largest absolute Gasteiger partial charge is 0.522 e. The van der Waals surface area contributed by atoms with Crippen molar-refractivity contribution < 1.29 is 31.1 Å². The molecule has 0 saturated carbocycles. The molecule has 108 valence electrons. The van der Waals surface area contributed by atoms with Crippen LogP contribution in [0, 0.1) is 0 Å². The topological polar surface area (TPSA) is 52.6 Å². The second kappa shape index (κ2) is 6.17. The number of ether oxygens (including phenoxy) is 2. The predicted octanol–water partition coefficient (Wildman–Crippen LogP) is 3.18. The number of benzene rings is 1. The standard InChI is InChI=1S/C9H7Cl2F3O4S/c10-6-1-2-7(8(5-6)19(11,15)16)17-3-4-18-9(12,13)14/h1-2,5H,3-4H2. The minimum atomic E-state index is -4.77. The lowest BCUT2D eigenvalue weighted by atomic mass is 10.3. The van der Waals surface area contributed by atoms with Gasteiger partial charge in [-0.15, -0.1) is 13.2 Å². The lowest BCUT2D eigenvalue weighted by Crippen LogP contribution is -2.18. The monoisotopic (exact) mass is 338 g/mol. The van der Waals surface area contributed by atoms with Crippen molar-refractivity contribution in [2.24, 2.45) is 0 Å². The zero-order valence-electron chi connectivity index (χ0n) is 9.08. The number of hydrogen-bond donors (Lipinski definition) is 0. The molecule has 0 aliphatic heterocycles. The molecule has 19 heavy (non-hydrogen) atoms. The molecule has 0 unspecified atom stereocenters. The molecule has 0 atom stereocenters. The van der Waals surface area contributed by atoms with Gasteiger partial charge in [0.15, 0.2) is 0 Å². The van der Waals surface area contributed by atoms with Crippen LogP contribution in [0.15, 0.2) is 23.1 Å². The minimum Gasteiger partial charge on any atom is -0.490 e. The van der Waals surface area contributed by atoms with E-state index < -0.39 is 33.5 Å². The number of halogens is 5.